The van der Waals surface area contributed by atoms with Crippen molar-refractivity contribution in [2.45, 2.75) is 57.1 Å². The van der Waals surface area contributed by atoms with Gasteiger partial charge in [-0.2, -0.15) is 0 Å². The number of aliphatic hydroxyl groups excluding tert-OH is 1. The van der Waals surface area contributed by atoms with E-state index in [0.29, 0.717) is 18.1 Å². The topological polar surface area (TPSA) is 66.6 Å². The lowest BCUT2D eigenvalue weighted by molar-refractivity contribution is -0.141. The number of benzene rings is 1. The Hall–Kier alpha value is -1.10. The minimum atomic E-state index is -0.496. The Morgan fingerprint density at radius 1 is 1.24 bits per heavy atom. The molecular formula is C20H29ClN2O2. The molecule has 1 saturated carbocycles. The van der Waals surface area contributed by atoms with Crippen molar-refractivity contribution in [2.24, 2.45) is 17.6 Å². The highest BCUT2D eigenvalue weighted by atomic mass is 35.5. The minimum Gasteiger partial charge on any atom is -0.388 e. The molecule has 0 bridgehead atoms. The summed E-state index contributed by atoms with van der Waals surface area (Å²) in [5.41, 5.74) is 6.91. The van der Waals surface area contributed by atoms with Gasteiger partial charge in [0.15, 0.2) is 0 Å². The number of carbonyl (C=O) groups is 1. The molecule has 1 aliphatic heterocycles. The number of nitrogens with zero attached hydrogens (tertiary/aromatic N) is 1. The Labute approximate surface area is 155 Å². The molecule has 1 aliphatic carbocycles. The van der Waals surface area contributed by atoms with Crippen molar-refractivity contribution in [2.75, 3.05) is 13.1 Å². The summed E-state index contributed by atoms with van der Waals surface area (Å²) in [7, 11) is 0. The molecule has 3 rings (SSSR count). The molecule has 3 unspecified atom stereocenters. The summed E-state index contributed by atoms with van der Waals surface area (Å²) in [5, 5.41) is 11.3. The van der Waals surface area contributed by atoms with E-state index in [2.05, 4.69) is 0 Å². The average Bonchev–Trinajstić information content (AvgIpc) is 2.61. The van der Waals surface area contributed by atoms with Gasteiger partial charge >= 0.3 is 0 Å². The standard InChI is InChI=1S/C20H29ClN2O2/c1-20(22)11-3-2-4-17(20)19(25)23-12-9-15(10-13-23)18(24)14-5-7-16(21)8-6-14/h5-8,15,17-18,24H,2-4,9-13,22H2,1H3. The van der Waals surface area contributed by atoms with Crippen LogP contribution in [0.15, 0.2) is 24.3 Å². The Bertz CT molecular complexity index is 594. The van der Waals surface area contributed by atoms with Gasteiger partial charge in [-0.15, -0.1) is 0 Å². The van der Waals surface area contributed by atoms with E-state index in [-0.39, 0.29) is 23.3 Å². The lowest BCUT2D eigenvalue weighted by Gasteiger charge is -2.42. The van der Waals surface area contributed by atoms with Crippen LogP contribution in [0.3, 0.4) is 0 Å². The molecule has 1 amide bonds. The molecule has 3 atom stereocenters. The first-order chi connectivity index (χ1) is 11.9. The first-order valence-electron chi connectivity index (χ1n) is 9.40. The molecule has 0 radical (unpaired) electrons. The summed E-state index contributed by atoms with van der Waals surface area (Å²) in [4.78, 5) is 14.9. The number of nitrogens with two attached hydrogens (primary N) is 1. The highest BCUT2D eigenvalue weighted by molar-refractivity contribution is 6.30. The predicted octanol–water partition coefficient (Wildman–Crippen LogP) is 3.52. The zero-order valence-corrected chi connectivity index (χ0v) is 15.7. The maximum absolute atomic E-state index is 12.9. The Kier molecular flexibility index (Phi) is 5.71. The number of likely N-dealkylation sites (tertiary alicyclic amines) is 1. The van der Waals surface area contributed by atoms with Gasteiger partial charge in [-0.05, 0) is 56.2 Å². The van der Waals surface area contributed by atoms with Crippen molar-refractivity contribution in [1.29, 1.82) is 0 Å². The zero-order valence-electron chi connectivity index (χ0n) is 15.0. The second kappa shape index (κ2) is 7.65. The van der Waals surface area contributed by atoms with Crippen LogP contribution in [0.4, 0.5) is 0 Å². The molecular weight excluding hydrogens is 336 g/mol. The molecule has 1 aromatic carbocycles. The Morgan fingerprint density at radius 2 is 1.88 bits per heavy atom. The maximum Gasteiger partial charge on any atom is 0.227 e. The van der Waals surface area contributed by atoms with Gasteiger partial charge in [-0.1, -0.05) is 36.6 Å². The van der Waals surface area contributed by atoms with E-state index >= 15 is 0 Å². The number of carbonyl (C=O) groups excluding carboxylic acids is 1. The van der Waals surface area contributed by atoms with Gasteiger partial charge in [0, 0.05) is 23.7 Å². The van der Waals surface area contributed by atoms with Crippen molar-refractivity contribution in [1.82, 2.24) is 4.90 Å². The molecule has 0 aromatic heterocycles. The minimum absolute atomic E-state index is 0.0565. The van der Waals surface area contributed by atoms with Crippen molar-refractivity contribution in [3.8, 4) is 0 Å². The average molecular weight is 365 g/mol. The third-order valence-corrected chi connectivity index (χ3v) is 6.31. The second-order valence-corrected chi connectivity index (χ2v) is 8.40. The largest absolute Gasteiger partial charge is 0.388 e. The van der Waals surface area contributed by atoms with E-state index < -0.39 is 6.10 Å². The third kappa shape index (κ3) is 4.18. The number of hydrogen-bond donors (Lipinski definition) is 2. The fourth-order valence-electron chi connectivity index (χ4n) is 4.35. The van der Waals surface area contributed by atoms with Gasteiger partial charge in [0.25, 0.3) is 0 Å². The molecule has 1 heterocycles. The summed E-state index contributed by atoms with van der Waals surface area (Å²) in [5.74, 6) is 0.337. The first kappa shape index (κ1) is 18.7. The van der Waals surface area contributed by atoms with E-state index in [9.17, 15) is 9.90 Å². The molecule has 138 valence electrons. The zero-order chi connectivity index (χ0) is 18.0. The summed E-state index contributed by atoms with van der Waals surface area (Å²) < 4.78 is 0. The van der Waals surface area contributed by atoms with E-state index in [1.54, 1.807) is 0 Å². The molecule has 4 nitrogen and oxygen atoms in total. The van der Waals surface area contributed by atoms with Crippen LogP contribution < -0.4 is 5.73 Å². The van der Waals surface area contributed by atoms with Gasteiger partial charge < -0.3 is 15.7 Å². The summed E-state index contributed by atoms with van der Waals surface area (Å²) >= 11 is 5.92. The number of rotatable bonds is 3. The Balaban J connectivity index is 1.58. The number of piperidine rings is 1. The SMILES string of the molecule is CC1(N)CCCCC1C(=O)N1CCC(C(O)c2ccc(Cl)cc2)CC1. The van der Waals surface area contributed by atoms with Crippen LogP contribution in [0, 0.1) is 11.8 Å². The normalized spacial score (nSPS) is 29.4. The molecule has 5 heteroatoms. The van der Waals surface area contributed by atoms with Crippen LogP contribution in [0.1, 0.15) is 57.1 Å². The predicted molar refractivity (Wildman–Crippen MR) is 100 cm³/mol. The van der Waals surface area contributed by atoms with Crippen LogP contribution >= 0.6 is 11.6 Å². The number of aliphatic hydroxyl groups is 1. The highest BCUT2D eigenvalue weighted by Gasteiger charge is 2.40. The quantitative estimate of drug-likeness (QED) is 0.862. The molecule has 25 heavy (non-hydrogen) atoms. The van der Waals surface area contributed by atoms with E-state index in [1.807, 2.05) is 36.1 Å². The molecule has 1 saturated heterocycles. The fraction of sp³-hybridized carbons (Fsp3) is 0.650. The molecule has 0 spiro atoms. The van der Waals surface area contributed by atoms with Crippen molar-refractivity contribution < 1.29 is 9.90 Å². The van der Waals surface area contributed by atoms with Gasteiger partial charge in [0.2, 0.25) is 5.91 Å². The van der Waals surface area contributed by atoms with E-state index in [4.69, 9.17) is 17.3 Å². The fourth-order valence-corrected chi connectivity index (χ4v) is 4.48. The van der Waals surface area contributed by atoms with Crippen LogP contribution in [0.5, 0.6) is 0 Å². The highest BCUT2D eigenvalue weighted by Crippen LogP contribution is 2.35. The molecule has 1 aromatic rings. The van der Waals surface area contributed by atoms with Crippen molar-refractivity contribution in [3.63, 3.8) is 0 Å². The monoisotopic (exact) mass is 364 g/mol. The summed E-state index contributed by atoms with van der Waals surface area (Å²) in [6.07, 6.45) is 5.19. The summed E-state index contributed by atoms with van der Waals surface area (Å²) in [6, 6.07) is 7.38. The van der Waals surface area contributed by atoms with Gasteiger partial charge in [0.05, 0.1) is 12.0 Å². The van der Waals surface area contributed by atoms with Crippen LogP contribution in [0.25, 0.3) is 0 Å². The van der Waals surface area contributed by atoms with E-state index in [0.717, 1.165) is 44.1 Å². The third-order valence-electron chi connectivity index (χ3n) is 6.06. The van der Waals surface area contributed by atoms with Crippen LogP contribution in [-0.2, 0) is 4.79 Å². The molecule has 3 N–H and O–H groups in total. The van der Waals surface area contributed by atoms with E-state index in [1.165, 1.54) is 0 Å². The Morgan fingerprint density at radius 3 is 2.48 bits per heavy atom. The summed E-state index contributed by atoms with van der Waals surface area (Å²) in [6.45, 7) is 3.44. The van der Waals surface area contributed by atoms with Gasteiger partial charge in [-0.25, -0.2) is 0 Å². The number of hydrogen-bond acceptors (Lipinski definition) is 3. The lowest BCUT2D eigenvalue weighted by atomic mass is 9.73. The number of halogens is 1. The number of amides is 1. The van der Waals surface area contributed by atoms with Gasteiger partial charge in [0.1, 0.15) is 0 Å². The van der Waals surface area contributed by atoms with Crippen molar-refractivity contribution >= 4 is 17.5 Å². The van der Waals surface area contributed by atoms with Gasteiger partial charge in [-0.3, -0.25) is 4.79 Å². The molecule has 2 aliphatic rings. The maximum atomic E-state index is 12.9. The first-order valence-corrected chi connectivity index (χ1v) is 9.77. The van der Waals surface area contributed by atoms with Crippen LogP contribution in [0.2, 0.25) is 5.02 Å². The van der Waals surface area contributed by atoms with Crippen molar-refractivity contribution in [3.05, 3.63) is 34.9 Å². The lowest BCUT2D eigenvalue weighted by Crippen LogP contribution is -2.55. The smallest absolute Gasteiger partial charge is 0.227 e. The second-order valence-electron chi connectivity index (χ2n) is 7.96. The molecule has 2 fully saturated rings. The van der Waals surface area contributed by atoms with Crippen LogP contribution in [-0.4, -0.2) is 34.5 Å².